The average Bonchev–Trinajstić information content (AvgIpc) is 2.84. The molecule has 1 aromatic heterocycles. The first-order valence-electron chi connectivity index (χ1n) is 6.63. The van der Waals surface area contributed by atoms with Gasteiger partial charge in [-0.25, -0.2) is 18.5 Å². The lowest BCUT2D eigenvalue weighted by Crippen LogP contribution is -2.21. The Balaban J connectivity index is 1.88. The number of aryl methyl sites for hydroxylation is 1. The highest BCUT2D eigenvalue weighted by molar-refractivity contribution is 7.89. The van der Waals surface area contributed by atoms with Gasteiger partial charge in [0.1, 0.15) is 0 Å². The molecular formula is C14H19N3O2S2. The van der Waals surface area contributed by atoms with E-state index in [1.54, 1.807) is 35.6 Å². The molecule has 0 aliphatic heterocycles. The van der Waals surface area contributed by atoms with Gasteiger partial charge in [-0.05, 0) is 44.5 Å². The second kappa shape index (κ2) is 6.65. The number of nitrogens with zero attached hydrogens (tertiary/aromatic N) is 1. The Morgan fingerprint density at radius 3 is 2.52 bits per heavy atom. The summed E-state index contributed by atoms with van der Waals surface area (Å²) >= 11 is 1.65. The van der Waals surface area contributed by atoms with Crippen molar-refractivity contribution in [1.82, 2.24) is 10.3 Å². The summed E-state index contributed by atoms with van der Waals surface area (Å²) in [6.45, 7) is 4.94. The van der Waals surface area contributed by atoms with Crippen molar-refractivity contribution in [3.05, 3.63) is 45.9 Å². The smallest absolute Gasteiger partial charge is 0.238 e. The number of nitrogens with one attached hydrogen (secondary N) is 1. The van der Waals surface area contributed by atoms with Crippen LogP contribution < -0.4 is 10.5 Å². The molecule has 0 bridgehead atoms. The highest BCUT2D eigenvalue weighted by Crippen LogP contribution is 2.20. The maximum atomic E-state index is 11.2. The molecule has 0 saturated heterocycles. The maximum Gasteiger partial charge on any atom is 0.238 e. The minimum absolute atomic E-state index is 0.146. The van der Waals surface area contributed by atoms with Crippen LogP contribution in [0, 0.1) is 6.92 Å². The van der Waals surface area contributed by atoms with Crippen LogP contribution in [0.1, 0.15) is 29.1 Å². The van der Waals surface area contributed by atoms with Crippen LogP contribution >= 0.6 is 11.3 Å². The first-order chi connectivity index (χ1) is 9.88. The second-order valence-electron chi connectivity index (χ2n) is 4.92. The summed E-state index contributed by atoms with van der Waals surface area (Å²) in [5.41, 5.74) is 4.00. The van der Waals surface area contributed by atoms with Gasteiger partial charge in [-0.1, -0.05) is 12.1 Å². The average molecular weight is 325 g/mol. The number of thiazole rings is 1. The van der Waals surface area contributed by atoms with Crippen LogP contribution in [0.3, 0.4) is 0 Å². The predicted octanol–water partition coefficient (Wildman–Crippen LogP) is 1.99. The van der Waals surface area contributed by atoms with Crippen LogP contribution in [-0.2, 0) is 16.4 Å². The first-order valence-corrected chi connectivity index (χ1v) is 9.05. The number of nitrogens with two attached hydrogens (primary N) is 1. The van der Waals surface area contributed by atoms with E-state index < -0.39 is 10.0 Å². The lowest BCUT2D eigenvalue weighted by molar-refractivity contribution is 0.581. The SMILES string of the molecule is Cc1ncsc1C(C)NCCc1ccc(S(N)(=O)=O)cc1. The van der Waals surface area contributed by atoms with Gasteiger partial charge in [0.2, 0.25) is 10.0 Å². The molecule has 1 aromatic carbocycles. The van der Waals surface area contributed by atoms with E-state index in [1.165, 1.54) is 4.88 Å². The summed E-state index contributed by atoms with van der Waals surface area (Å²) in [6, 6.07) is 6.94. The quantitative estimate of drug-likeness (QED) is 0.850. The fraction of sp³-hybridized carbons (Fsp3) is 0.357. The molecule has 1 atom stereocenters. The third kappa shape index (κ3) is 4.34. The largest absolute Gasteiger partial charge is 0.309 e. The third-order valence-corrected chi connectivity index (χ3v) is 5.33. The van der Waals surface area contributed by atoms with Crippen molar-refractivity contribution in [3.8, 4) is 0 Å². The van der Waals surface area contributed by atoms with Crippen molar-refractivity contribution >= 4 is 21.4 Å². The zero-order valence-electron chi connectivity index (χ0n) is 12.0. The summed E-state index contributed by atoms with van der Waals surface area (Å²) < 4.78 is 22.3. The standard InChI is InChI=1S/C14H19N3O2S2/c1-10(14-11(2)17-9-20-14)16-8-7-12-3-5-13(6-4-12)21(15,18)19/h3-6,9-10,16H,7-8H2,1-2H3,(H2,15,18,19). The molecule has 0 fully saturated rings. The molecule has 3 N–H and O–H groups in total. The Morgan fingerprint density at radius 1 is 1.33 bits per heavy atom. The summed E-state index contributed by atoms with van der Waals surface area (Å²) in [7, 11) is -3.61. The molecule has 7 heteroatoms. The van der Waals surface area contributed by atoms with E-state index in [9.17, 15) is 8.42 Å². The summed E-state index contributed by atoms with van der Waals surface area (Å²) in [5, 5.41) is 8.52. The molecular weight excluding hydrogens is 306 g/mol. The van der Waals surface area contributed by atoms with Crippen LogP contribution in [-0.4, -0.2) is 19.9 Å². The van der Waals surface area contributed by atoms with Crippen molar-refractivity contribution in [2.45, 2.75) is 31.2 Å². The number of rotatable bonds is 6. The van der Waals surface area contributed by atoms with Gasteiger partial charge >= 0.3 is 0 Å². The van der Waals surface area contributed by atoms with Crippen molar-refractivity contribution in [3.63, 3.8) is 0 Å². The monoisotopic (exact) mass is 325 g/mol. The van der Waals surface area contributed by atoms with E-state index in [0.717, 1.165) is 24.2 Å². The topological polar surface area (TPSA) is 85.1 Å². The van der Waals surface area contributed by atoms with Crippen molar-refractivity contribution in [2.75, 3.05) is 6.54 Å². The summed E-state index contributed by atoms with van der Waals surface area (Å²) in [4.78, 5) is 5.64. The van der Waals surface area contributed by atoms with Gasteiger partial charge in [-0.15, -0.1) is 11.3 Å². The minimum atomic E-state index is -3.61. The number of primary sulfonamides is 1. The molecule has 21 heavy (non-hydrogen) atoms. The van der Waals surface area contributed by atoms with Gasteiger partial charge < -0.3 is 5.32 Å². The fourth-order valence-corrected chi connectivity index (χ4v) is 3.45. The van der Waals surface area contributed by atoms with Gasteiger partial charge in [0.15, 0.2) is 0 Å². The highest BCUT2D eigenvalue weighted by atomic mass is 32.2. The third-order valence-electron chi connectivity index (χ3n) is 3.29. The second-order valence-corrected chi connectivity index (χ2v) is 7.36. The Kier molecular flexibility index (Phi) is 5.10. The lowest BCUT2D eigenvalue weighted by Gasteiger charge is -2.12. The maximum absolute atomic E-state index is 11.2. The van der Waals surface area contributed by atoms with Crippen LogP contribution in [0.2, 0.25) is 0 Å². The molecule has 114 valence electrons. The van der Waals surface area contributed by atoms with Crippen LogP contribution in [0.5, 0.6) is 0 Å². The molecule has 0 saturated carbocycles. The Bertz CT molecular complexity index is 693. The van der Waals surface area contributed by atoms with Crippen LogP contribution in [0.25, 0.3) is 0 Å². The van der Waals surface area contributed by atoms with Crippen molar-refractivity contribution < 1.29 is 8.42 Å². The Morgan fingerprint density at radius 2 is 2.00 bits per heavy atom. The number of benzene rings is 1. The number of aromatic nitrogens is 1. The van der Waals surface area contributed by atoms with Gasteiger partial charge in [-0.3, -0.25) is 0 Å². The Labute approximate surface area is 129 Å². The molecule has 1 unspecified atom stereocenters. The van der Waals surface area contributed by atoms with E-state index in [1.807, 2.05) is 12.4 Å². The van der Waals surface area contributed by atoms with Gasteiger partial charge in [-0.2, -0.15) is 0 Å². The highest BCUT2D eigenvalue weighted by Gasteiger charge is 2.10. The van der Waals surface area contributed by atoms with E-state index >= 15 is 0 Å². The molecule has 2 rings (SSSR count). The Hall–Kier alpha value is -1.28. The predicted molar refractivity (Wildman–Crippen MR) is 84.8 cm³/mol. The van der Waals surface area contributed by atoms with E-state index in [0.29, 0.717) is 0 Å². The normalized spacial score (nSPS) is 13.3. The molecule has 0 amide bonds. The first kappa shape index (κ1) is 16.1. The molecule has 0 aliphatic carbocycles. The zero-order valence-corrected chi connectivity index (χ0v) is 13.7. The molecule has 2 aromatic rings. The van der Waals surface area contributed by atoms with Crippen LogP contribution in [0.4, 0.5) is 0 Å². The van der Waals surface area contributed by atoms with E-state index in [-0.39, 0.29) is 10.9 Å². The lowest BCUT2D eigenvalue weighted by atomic mass is 10.1. The summed E-state index contributed by atoms with van der Waals surface area (Å²) in [5.74, 6) is 0. The molecule has 0 spiro atoms. The molecule has 0 radical (unpaired) electrons. The van der Waals surface area contributed by atoms with Crippen molar-refractivity contribution in [2.24, 2.45) is 5.14 Å². The molecule has 5 nitrogen and oxygen atoms in total. The number of hydrogen-bond donors (Lipinski definition) is 2. The number of sulfonamides is 1. The van der Waals surface area contributed by atoms with E-state index in [4.69, 9.17) is 5.14 Å². The van der Waals surface area contributed by atoms with Gasteiger partial charge in [0.25, 0.3) is 0 Å². The van der Waals surface area contributed by atoms with Crippen molar-refractivity contribution in [1.29, 1.82) is 0 Å². The minimum Gasteiger partial charge on any atom is -0.309 e. The zero-order chi connectivity index (χ0) is 15.5. The van der Waals surface area contributed by atoms with E-state index in [2.05, 4.69) is 17.2 Å². The number of hydrogen-bond acceptors (Lipinski definition) is 5. The molecule has 0 aliphatic rings. The van der Waals surface area contributed by atoms with Crippen LogP contribution in [0.15, 0.2) is 34.7 Å². The molecule has 1 heterocycles. The van der Waals surface area contributed by atoms with Gasteiger partial charge in [0.05, 0.1) is 16.1 Å². The van der Waals surface area contributed by atoms with Gasteiger partial charge in [0, 0.05) is 10.9 Å². The summed E-state index contributed by atoms with van der Waals surface area (Å²) in [6.07, 6.45) is 0.826. The fourth-order valence-electron chi connectivity index (χ4n) is 2.10.